The molecule has 3 aromatic carbocycles. The molecule has 0 saturated heterocycles. The molecule has 8 heteroatoms. The molecule has 7 nitrogen and oxygen atoms in total. The topological polar surface area (TPSA) is 102 Å². The van der Waals surface area contributed by atoms with Gasteiger partial charge in [0.2, 0.25) is 0 Å². The maximum Gasteiger partial charge on any atom is 0.293 e. The van der Waals surface area contributed by atoms with Crippen molar-refractivity contribution in [2.45, 2.75) is 33.1 Å². The van der Waals surface area contributed by atoms with E-state index in [1.807, 2.05) is 49.4 Å². The fourth-order valence-electron chi connectivity index (χ4n) is 3.94. The molecule has 190 valence electrons. The van der Waals surface area contributed by atoms with Gasteiger partial charge in [0.25, 0.3) is 11.5 Å². The van der Waals surface area contributed by atoms with Gasteiger partial charge in [0.15, 0.2) is 5.82 Å². The molecule has 0 fully saturated rings. The molecule has 4 rings (SSSR count). The van der Waals surface area contributed by atoms with E-state index in [2.05, 4.69) is 36.4 Å². The van der Waals surface area contributed by atoms with Crippen molar-refractivity contribution >= 4 is 28.8 Å². The molecular formula is C29H30FN5O2. The number of carbonyl (C=O) groups excluding carboxylic acids is 1. The number of halogens is 1. The second-order valence-electron chi connectivity index (χ2n) is 10.0. The van der Waals surface area contributed by atoms with Crippen LogP contribution in [0.4, 0.5) is 27.3 Å². The van der Waals surface area contributed by atoms with Crippen molar-refractivity contribution in [2.75, 3.05) is 16.4 Å². The van der Waals surface area contributed by atoms with Crippen LogP contribution in [0.3, 0.4) is 0 Å². The highest BCUT2D eigenvalue weighted by Gasteiger charge is 2.17. The Bertz CT molecular complexity index is 1540. The number of anilines is 4. The van der Waals surface area contributed by atoms with Gasteiger partial charge in [-0.05, 0) is 59.9 Å². The number of nitrogens with two attached hydrogens (primary N) is 1. The summed E-state index contributed by atoms with van der Waals surface area (Å²) in [6.07, 6.45) is 1.63. The van der Waals surface area contributed by atoms with E-state index in [0.717, 1.165) is 16.7 Å². The number of nitrogen functional groups attached to an aromatic ring is 1. The van der Waals surface area contributed by atoms with Gasteiger partial charge in [-0.15, -0.1) is 0 Å². The second kappa shape index (κ2) is 9.89. The number of amides is 1. The third-order valence-electron chi connectivity index (χ3n) is 6.20. The van der Waals surface area contributed by atoms with E-state index in [4.69, 9.17) is 5.73 Å². The highest BCUT2D eigenvalue weighted by molar-refractivity contribution is 6.05. The number of carbonyl (C=O) groups is 1. The molecule has 37 heavy (non-hydrogen) atoms. The van der Waals surface area contributed by atoms with Gasteiger partial charge < -0.3 is 20.9 Å². The number of aryl methyl sites for hydroxylation is 1. The van der Waals surface area contributed by atoms with Crippen molar-refractivity contribution in [1.29, 1.82) is 0 Å². The van der Waals surface area contributed by atoms with Crippen LogP contribution in [0, 0.1) is 12.7 Å². The summed E-state index contributed by atoms with van der Waals surface area (Å²) in [6, 6.07) is 17.2. The number of aromatic nitrogens is 2. The average molecular weight is 500 g/mol. The highest BCUT2D eigenvalue weighted by Crippen LogP contribution is 2.29. The fraction of sp³-hybridized carbons (Fsp3) is 0.207. The van der Waals surface area contributed by atoms with E-state index in [0.29, 0.717) is 22.6 Å². The number of nitrogens with one attached hydrogen (secondary N) is 2. The lowest BCUT2D eigenvalue weighted by molar-refractivity contribution is 0.102. The minimum atomic E-state index is -0.542. The summed E-state index contributed by atoms with van der Waals surface area (Å²) in [5.74, 6) is -0.691. The van der Waals surface area contributed by atoms with Crippen molar-refractivity contribution in [2.24, 2.45) is 7.05 Å². The van der Waals surface area contributed by atoms with E-state index in [1.165, 1.54) is 22.8 Å². The predicted molar refractivity (Wildman–Crippen MR) is 147 cm³/mol. The van der Waals surface area contributed by atoms with Gasteiger partial charge in [-0.25, -0.2) is 9.37 Å². The Balaban J connectivity index is 1.63. The summed E-state index contributed by atoms with van der Waals surface area (Å²) in [5, 5.41) is 5.92. The van der Waals surface area contributed by atoms with E-state index >= 15 is 0 Å². The van der Waals surface area contributed by atoms with Gasteiger partial charge in [0, 0.05) is 35.7 Å². The molecule has 1 amide bonds. The third kappa shape index (κ3) is 5.53. The highest BCUT2D eigenvalue weighted by atomic mass is 19.1. The van der Waals surface area contributed by atoms with E-state index in [-0.39, 0.29) is 28.4 Å². The molecule has 0 atom stereocenters. The number of hydrogen-bond acceptors (Lipinski definition) is 5. The summed E-state index contributed by atoms with van der Waals surface area (Å²) in [4.78, 5) is 30.2. The summed E-state index contributed by atoms with van der Waals surface area (Å²) in [7, 11) is 1.62. The van der Waals surface area contributed by atoms with Crippen molar-refractivity contribution in [3.63, 3.8) is 0 Å². The largest absolute Gasteiger partial charge is 0.396 e. The molecule has 1 heterocycles. The maximum atomic E-state index is 13.5. The quantitative estimate of drug-likeness (QED) is 0.303. The smallest absolute Gasteiger partial charge is 0.293 e. The van der Waals surface area contributed by atoms with Crippen LogP contribution >= 0.6 is 0 Å². The standard InChI is InChI=1S/C29H30FN5O2/c1-17-21(7-6-8-24(17)34-27(36)18-9-11-19(12-10-18)29(2,3)4)25-16-35(5)28(37)26(33-25)32-20-13-14-22(30)23(31)15-20/h6-16H,31H2,1-5H3,(H,32,33)(H,34,36). The van der Waals surface area contributed by atoms with Gasteiger partial charge in [-0.1, -0.05) is 45.0 Å². The zero-order valence-electron chi connectivity index (χ0n) is 21.5. The molecule has 0 aliphatic heterocycles. The lowest BCUT2D eigenvalue weighted by atomic mass is 9.86. The average Bonchev–Trinajstić information content (AvgIpc) is 2.85. The molecule has 0 saturated carbocycles. The van der Waals surface area contributed by atoms with Gasteiger partial charge in [0.05, 0.1) is 11.4 Å². The first kappa shape index (κ1) is 25.6. The Morgan fingerprint density at radius 2 is 1.76 bits per heavy atom. The number of rotatable bonds is 5. The molecule has 1 aromatic heterocycles. The zero-order valence-corrected chi connectivity index (χ0v) is 21.5. The molecule has 0 aliphatic carbocycles. The second-order valence-corrected chi connectivity index (χ2v) is 10.0. The minimum Gasteiger partial charge on any atom is -0.396 e. The molecule has 4 aromatic rings. The van der Waals surface area contributed by atoms with E-state index in [1.54, 1.807) is 13.2 Å². The van der Waals surface area contributed by atoms with Gasteiger partial charge >= 0.3 is 0 Å². The van der Waals surface area contributed by atoms with Gasteiger partial charge in [0.1, 0.15) is 5.82 Å². The van der Waals surface area contributed by atoms with Gasteiger partial charge in [-0.3, -0.25) is 9.59 Å². The van der Waals surface area contributed by atoms with Crippen molar-refractivity contribution in [1.82, 2.24) is 9.55 Å². The van der Waals surface area contributed by atoms with E-state index in [9.17, 15) is 14.0 Å². The van der Waals surface area contributed by atoms with E-state index < -0.39 is 5.82 Å². The van der Waals surface area contributed by atoms with Crippen LogP contribution < -0.4 is 21.9 Å². The normalized spacial score (nSPS) is 11.3. The third-order valence-corrected chi connectivity index (χ3v) is 6.20. The minimum absolute atomic E-state index is 0.000273. The summed E-state index contributed by atoms with van der Waals surface area (Å²) in [5.41, 5.74) is 10.1. The predicted octanol–water partition coefficient (Wildman–Crippen LogP) is 5.77. The Labute approximate surface area is 215 Å². The van der Waals surface area contributed by atoms with Crippen LogP contribution in [0.25, 0.3) is 11.3 Å². The molecule has 4 N–H and O–H groups in total. The first-order chi connectivity index (χ1) is 17.4. The monoisotopic (exact) mass is 499 g/mol. The van der Waals surface area contributed by atoms with Crippen molar-refractivity contribution in [3.05, 3.63) is 99.7 Å². The van der Waals surface area contributed by atoms with Crippen LogP contribution in [0.5, 0.6) is 0 Å². The van der Waals surface area contributed by atoms with Crippen LogP contribution in [0.1, 0.15) is 42.3 Å². The van der Waals surface area contributed by atoms with Crippen LogP contribution in [-0.2, 0) is 12.5 Å². The first-order valence-corrected chi connectivity index (χ1v) is 11.9. The molecule has 0 radical (unpaired) electrons. The summed E-state index contributed by atoms with van der Waals surface area (Å²) in [6.45, 7) is 8.26. The first-order valence-electron chi connectivity index (χ1n) is 11.9. The maximum absolute atomic E-state index is 13.5. The summed E-state index contributed by atoms with van der Waals surface area (Å²) >= 11 is 0. The SMILES string of the molecule is Cc1c(NC(=O)c2ccc(C(C)(C)C)cc2)cccc1-c1cn(C)c(=O)c(Nc2ccc(F)c(N)c2)n1. The Hall–Kier alpha value is -4.46. The lowest BCUT2D eigenvalue weighted by Crippen LogP contribution is -2.21. The molecule has 0 unspecified atom stereocenters. The molecule has 0 bridgehead atoms. The van der Waals surface area contributed by atoms with Crippen LogP contribution in [0.15, 0.2) is 71.7 Å². The fourth-order valence-corrected chi connectivity index (χ4v) is 3.94. The molecule has 0 spiro atoms. The Morgan fingerprint density at radius 3 is 2.41 bits per heavy atom. The number of benzene rings is 3. The van der Waals surface area contributed by atoms with Crippen molar-refractivity contribution < 1.29 is 9.18 Å². The van der Waals surface area contributed by atoms with Gasteiger partial charge in [-0.2, -0.15) is 0 Å². The van der Waals surface area contributed by atoms with Crippen LogP contribution in [0.2, 0.25) is 0 Å². The zero-order chi connectivity index (χ0) is 26.9. The Kier molecular flexibility index (Phi) is 6.85. The summed E-state index contributed by atoms with van der Waals surface area (Å²) < 4.78 is 15.0. The Morgan fingerprint density at radius 1 is 1.05 bits per heavy atom. The number of nitrogens with zero attached hydrogens (tertiary/aromatic N) is 2. The number of hydrogen-bond donors (Lipinski definition) is 3. The molecule has 0 aliphatic rings. The van der Waals surface area contributed by atoms with Crippen LogP contribution in [-0.4, -0.2) is 15.5 Å². The lowest BCUT2D eigenvalue weighted by Gasteiger charge is -2.19. The molecular weight excluding hydrogens is 469 g/mol. The van der Waals surface area contributed by atoms with Crippen molar-refractivity contribution in [3.8, 4) is 11.3 Å².